The Labute approximate surface area is 141 Å². The van der Waals surface area contributed by atoms with Crippen molar-refractivity contribution < 1.29 is 4.21 Å². The zero-order chi connectivity index (χ0) is 16.2. The molecule has 1 aromatic carbocycles. The van der Waals surface area contributed by atoms with Gasteiger partial charge < -0.3 is 4.90 Å². The molecule has 0 aliphatic carbocycles. The average molecular weight is 347 g/mol. The number of hydrogen-bond acceptors (Lipinski definition) is 6. The zero-order valence-corrected chi connectivity index (χ0v) is 14.5. The second kappa shape index (κ2) is 7.01. The fraction of sp³-hybridized carbons (Fsp3) is 0.267. The maximum absolute atomic E-state index is 12.3. The van der Waals surface area contributed by atoms with Crippen LogP contribution in [0.4, 0.5) is 5.13 Å². The van der Waals surface area contributed by atoms with Crippen molar-refractivity contribution in [2.75, 3.05) is 19.0 Å². The normalized spacial score (nSPS) is 12.3. The van der Waals surface area contributed by atoms with Crippen molar-refractivity contribution in [3.63, 3.8) is 0 Å². The highest BCUT2D eigenvalue weighted by Gasteiger charge is 2.10. The van der Waals surface area contributed by atoms with Gasteiger partial charge in [-0.3, -0.25) is 4.21 Å². The summed E-state index contributed by atoms with van der Waals surface area (Å²) in [6.45, 7) is 0. The van der Waals surface area contributed by atoms with E-state index in [-0.39, 0.29) is 0 Å². The van der Waals surface area contributed by atoms with E-state index in [0.717, 1.165) is 16.4 Å². The van der Waals surface area contributed by atoms with Gasteiger partial charge in [0.05, 0.1) is 11.4 Å². The topological polar surface area (TPSA) is 63.9 Å². The van der Waals surface area contributed by atoms with Crippen molar-refractivity contribution in [2.24, 2.45) is 0 Å². The second-order valence-electron chi connectivity index (χ2n) is 5.23. The van der Waals surface area contributed by atoms with Gasteiger partial charge in [-0.1, -0.05) is 12.1 Å². The summed E-state index contributed by atoms with van der Waals surface area (Å²) >= 11 is 1.33. The second-order valence-corrected chi connectivity index (χ2v) is 7.42. The van der Waals surface area contributed by atoms with Crippen LogP contribution in [0.1, 0.15) is 11.4 Å². The molecule has 0 aliphatic heterocycles. The van der Waals surface area contributed by atoms with Crippen molar-refractivity contribution in [2.45, 2.75) is 11.5 Å². The molecule has 0 amide bonds. The molecule has 3 aromatic rings. The Morgan fingerprint density at radius 1 is 1.22 bits per heavy atom. The minimum absolute atomic E-state index is 0.380. The SMILES string of the molecule is CN(C)c1nc(C[S@](=O)Cc2ccc(-n3cccn3)cc2)ns1. The first-order chi connectivity index (χ1) is 11.1. The lowest BCUT2D eigenvalue weighted by atomic mass is 10.2. The van der Waals surface area contributed by atoms with Crippen LogP contribution in [0.15, 0.2) is 42.7 Å². The molecule has 0 unspecified atom stereocenters. The van der Waals surface area contributed by atoms with Crippen molar-refractivity contribution >= 4 is 27.5 Å². The molecule has 0 spiro atoms. The van der Waals surface area contributed by atoms with Gasteiger partial charge >= 0.3 is 0 Å². The Balaban J connectivity index is 1.61. The van der Waals surface area contributed by atoms with Gasteiger partial charge in [-0.15, -0.1) is 0 Å². The molecule has 8 heteroatoms. The van der Waals surface area contributed by atoms with E-state index in [1.165, 1.54) is 11.5 Å². The van der Waals surface area contributed by atoms with E-state index >= 15 is 0 Å². The van der Waals surface area contributed by atoms with Crippen LogP contribution >= 0.6 is 11.5 Å². The fourth-order valence-electron chi connectivity index (χ4n) is 2.03. The highest BCUT2D eigenvalue weighted by molar-refractivity contribution is 7.83. The van der Waals surface area contributed by atoms with Crippen LogP contribution in [0.3, 0.4) is 0 Å². The number of aromatic nitrogens is 4. The molecular formula is C15H17N5OS2. The van der Waals surface area contributed by atoms with Crippen LogP contribution in [-0.2, 0) is 22.3 Å². The van der Waals surface area contributed by atoms with E-state index in [4.69, 9.17) is 0 Å². The summed E-state index contributed by atoms with van der Waals surface area (Å²) in [5.74, 6) is 1.52. The lowest BCUT2D eigenvalue weighted by Gasteiger charge is -2.05. The smallest absolute Gasteiger partial charge is 0.204 e. The van der Waals surface area contributed by atoms with Crippen molar-refractivity contribution in [3.8, 4) is 5.69 Å². The molecule has 120 valence electrons. The molecule has 0 N–H and O–H groups in total. The van der Waals surface area contributed by atoms with Gasteiger partial charge in [-0.05, 0) is 23.8 Å². The van der Waals surface area contributed by atoms with Crippen LogP contribution in [-0.4, -0.2) is 37.4 Å². The van der Waals surface area contributed by atoms with Crippen molar-refractivity contribution in [1.82, 2.24) is 19.1 Å². The molecule has 0 saturated heterocycles. The standard InChI is InChI=1S/C15H17N5OS2/c1-19(2)15-17-14(18-22-15)11-23(21)10-12-4-6-13(7-5-12)20-9-3-8-16-20/h3-9H,10-11H2,1-2H3/t23-/m1/s1. The molecule has 0 bridgehead atoms. The van der Waals surface area contributed by atoms with Crippen molar-refractivity contribution in [1.29, 1.82) is 0 Å². The molecule has 0 aliphatic rings. The Bertz CT molecular complexity index is 781. The van der Waals surface area contributed by atoms with E-state index < -0.39 is 10.8 Å². The lowest BCUT2D eigenvalue weighted by Crippen LogP contribution is -2.08. The average Bonchev–Trinajstić information content (AvgIpc) is 3.19. The van der Waals surface area contributed by atoms with Gasteiger partial charge in [0.25, 0.3) is 0 Å². The highest BCUT2D eigenvalue weighted by Crippen LogP contribution is 2.16. The van der Waals surface area contributed by atoms with Crippen LogP contribution in [0.25, 0.3) is 5.69 Å². The number of benzene rings is 1. The minimum Gasteiger partial charge on any atom is -0.353 e. The molecule has 0 fully saturated rings. The maximum Gasteiger partial charge on any atom is 0.204 e. The lowest BCUT2D eigenvalue weighted by molar-refractivity contribution is 0.681. The molecule has 2 heterocycles. The van der Waals surface area contributed by atoms with E-state index in [0.29, 0.717) is 17.3 Å². The maximum atomic E-state index is 12.3. The number of rotatable bonds is 6. The Hall–Kier alpha value is -2.06. The molecule has 1 atom stereocenters. The molecule has 3 rings (SSSR count). The first kappa shape index (κ1) is 15.8. The number of hydrogen-bond donors (Lipinski definition) is 0. The zero-order valence-electron chi connectivity index (χ0n) is 12.9. The van der Waals surface area contributed by atoms with Gasteiger partial charge in [0.2, 0.25) is 5.13 Å². The summed E-state index contributed by atoms with van der Waals surface area (Å²) in [6.07, 6.45) is 3.63. The summed E-state index contributed by atoms with van der Waals surface area (Å²) in [4.78, 5) is 6.27. The molecular weight excluding hydrogens is 330 g/mol. The van der Waals surface area contributed by atoms with E-state index in [9.17, 15) is 4.21 Å². The monoisotopic (exact) mass is 347 g/mol. The van der Waals surface area contributed by atoms with E-state index in [1.54, 1.807) is 10.9 Å². The first-order valence-corrected chi connectivity index (χ1v) is 9.32. The fourth-order valence-corrected chi connectivity index (χ4v) is 3.80. The Morgan fingerprint density at radius 2 is 2.00 bits per heavy atom. The van der Waals surface area contributed by atoms with Gasteiger partial charge in [0, 0.05) is 54.6 Å². The number of nitrogens with zero attached hydrogens (tertiary/aromatic N) is 5. The predicted octanol–water partition coefficient (Wildman–Crippen LogP) is 2.24. The van der Waals surface area contributed by atoms with Gasteiger partial charge in [0.1, 0.15) is 0 Å². The Morgan fingerprint density at radius 3 is 2.61 bits per heavy atom. The molecule has 23 heavy (non-hydrogen) atoms. The summed E-state index contributed by atoms with van der Waals surface area (Å²) < 4.78 is 18.3. The summed E-state index contributed by atoms with van der Waals surface area (Å²) in [5.41, 5.74) is 2.02. The third-order valence-corrected chi connectivity index (χ3v) is 5.32. The summed E-state index contributed by atoms with van der Waals surface area (Å²) in [6, 6.07) is 9.80. The van der Waals surface area contributed by atoms with E-state index in [2.05, 4.69) is 14.5 Å². The quantitative estimate of drug-likeness (QED) is 0.684. The van der Waals surface area contributed by atoms with Crippen LogP contribution < -0.4 is 4.90 Å². The molecule has 0 saturated carbocycles. The van der Waals surface area contributed by atoms with Crippen LogP contribution in [0.2, 0.25) is 0 Å². The third-order valence-electron chi connectivity index (χ3n) is 3.16. The summed E-state index contributed by atoms with van der Waals surface area (Å²) in [7, 11) is 2.81. The van der Waals surface area contributed by atoms with Gasteiger partial charge in [-0.25, -0.2) is 9.67 Å². The van der Waals surface area contributed by atoms with Gasteiger partial charge in [-0.2, -0.15) is 9.47 Å². The van der Waals surface area contributed by atoms with Crippen LogP contribution in [0, 0.1) is 0 Å². The van der Waals surface area contributed by atoms with Crippen LogP contribution in [0.5, 0.6) is 0 Å². The first-order valence-electron chi connectivity index (χ1n) is 7.05. The predicted molar refractivity (Wildman–Crippen MR) is 93.4 cm³/mol. The highest BCUT2D eigenvalue weighted by atomic mass is 32.2. The largest absolute Gasteiger partial charge is 0.353 e. The minimum atomic E-state index is -1.02. The third kappa shape index (κ3) is 4.02. The van der Waals surface area contributed by atoms with Gasteiger partial charge in [0.15, 0.2) is 5.82 Å². The Kier molecular flexibility index (Phi) is 4.82. The molecule has 0 radical (unpaired) electrons. The summed E-state index contributed by atoms with van der Waals surface area (Å²) in [5, 5.41) is 5.02. The molecule has 2 aromatic heterocycles. The number of anilines is 1. The molecule has 6 nitrogen and oxygen atoms in total. The van der Waals surface area contributed by atoms with E-state index in [1.807, 2.05) is 55.5 Å². The van der Waals surface area contributed by atoms with Crippen molar-refractivity contribution in [3.05, 3.63) is 54.1 Å².